The Bertz CT molecular complexity index is 1080. The molecule has 2 aromatic heterocycles. The lowest BCUT2D eigenvalue weighted by atomic mass is 9.99. The summed E-state index contributed by atoms with van der Waals surface area (Å²) in [6.45, 7) is 5.72. The van der Waals surface area contributed by atoms with E-state index in [-0.39, 0.29) is 24.2 Å². The monoisotopic (exact) mass is 406 g/mol. The van der Waals surface area contributed by atoms with Gasteiger partial charge in [-0.3, -0.25) is 14.7 Å². The molecule has 1 aliphatic heterocycles. The molecule has 1 aliphatic rings. The lowest BCUT2D eigenvalue weighted by Crippen LogP contribution is -2.45. The Morgan fingerprint density at radius 3 is 2.93 bits per heavy atom. The average Bonchev–Trinajstić information content (AvgIpc) is 2.68. The summed E-state index contributed by atoms with van der Waals surface area (Å²) in [4.78, 5) is 17.9. The van der Waals surface area contributed by atoms with E-state index in [2.05, 4.69) is 25.4 Å². The number of primary amides is 1. The maximum absolute atomic E-state index is 11.3. The fourth-order valence-electron chi connectivity index (χ4n) is 4.25. The molecule has 1 fully saturated rings. The van der Waals surface area contributed by atoms with E-state index in [9.17, 15) is 9.90 Å². The molecule has 4 N–H and O–H groups in total. The van der Waals surface area contributed by atoms with E-state index < -0.39 is 0 Å². The maximum Gasteiger partial charge on any atom is 0.231 e. The van der Waals surface area contributed by atoms with Crippen LogP contribution in [0, 0.1) is 13.8 Å². The number of hydrogen-bond acceptors (Lipinski definition) is 7. The van der Waals surface area contributed by atoms with Gasteiger partial charge in [-0.15, -0.1) is 10.2 Å². The molecule has 0 bridgehead atoms. The van der Waals surface area contributed by atoms with Gasteiger partial charge in [-0.2, -0.15) is 0 Å². The number of hydrogen-bond donors (Lipinski definition) is 3. The molecule has 156 valence electrons. The van der Waals surface area contributed by atoms with Crippen LogP contribution >= 0.6 is 0 Å². The van der Waals surface area contributed by atoms with Gasteiger partial charge in [0.05, 0.1) is 6.54 Å². The molecule has 8 heteroatoms. The smallest absolute Gasteiger partial charge is 0.231 e. The third kappa shape index (κ3) is 4.04. The highest BCUT2D eigenvalue weighted by Gasteiger charge is 2.23. The average molecular weight is 406 g/mol. The van der Waals surface area contributed by atoms with E-state index in [0.717, 1.165) is 35.9 Å². The first kappa shape index (κ1) is 20.0. The van der Waals surface area contributed by atoms with Gasteiger partial charge in [-0.25, -0.2) is 0 Å². The molecule has 0 radical (unpaired) electrons. The van der Waals surface area contributed by atoms with Crippen molar-refractivity contribution in [3.8, 4) is 17.0 Å². The van der Waals surface area contributed by atoms with Gasteiger partial charge in [0.25, 0.3) is 0 Å². The van der Waals surface area contributed by atoms with E-state index in [1.54, 1.807) is 12.3 Å². The van der Waals surface area contributed by atoms with Gasteiger partial charge in [-0.1, -0.05) is 6.07 Å². The zero-order valence-corrected chi connectivity index (χ0v) is 17.2. The Labute approximate surface area is 175 Å². The molecule has 4 rings (SSSR count). The quantitative estimate of drug-likeness (QED) is 0.595. The number of carbonyl (C=O) groups is 1. The van der Waals surface area contributed by atoms with Crippen LogP contribution in [-0.2, 0) is 4.79 Å². The first-order valence-corrected chi connectivity index (χ1v) is 10.1. The molecule has 1 aromatic carbocycles. The molecule has 1 amide bonds. The number of rotatable bonds is 5. The summed E-state index contributed by atoms with van der Waals surface area (Å²) in [6, 6.07) is 7.66. The molecule has 1 atom stereocenters. The van der Waals surface area contributed by atoms with E-state index >= 15 is 0 Å². The molecule has 30 heavy (non-hydrogen) atoms. The number of phenols is 1. The number of aryl methyl sites for hydroxylation is 2. The summed E-state index contributed by atoms with van der Waals surface area (Å²) in [7, 11) is 0. The van der Waals surface area contributed by atoms with Crippen LogP contribution in [0.4, 0.5) is 5.82 Å². The van der Waals surface area contributed by atoms with Gasteiger partial charge in [0.15, 0.2) is 5.82 Å². The van der Waals surface area contributed by atoms with Crippen LogP contribution < -0.4 is 11.1 Å². The molecule has 3 aromatic rings. The maximum atomic E-state index is 11.3. The molecule has 8 nitrogen and oxygen atoms in total. The van der Waals surface area contributed by atoms with Crippen molar-refractivity contribution in [2.24, 2.45) is 5.73 Å². The normalized spacial score (nSPS) is 17.2. The summed E-state index contributed by atoms with van der Waals surface area (Å²) in [5.74, 6) is 0.465. The molecule has 0 aliphatic carbocycles. The van der Waals surface area contributed by atoms with Crippen LogP contribution in [0.3, 0.4) is 0 Å². The van der Waals surface area contributed by atoms with Crippen molar-refractivity contribution in [1.29, 1.82) is 0 Å². The summed E-state index contributed by atoms with van der Waals surface area (Å²) in [5.41, 5.74) is 9.25. The van der Waals surface area contributed by atoms with Crippen molar-refractivity contribution in [3.05, 3.63) is 41.6 Å². The number of aromatic nitrogens is 3. The Morgan fingerprint density at radius 2 is 2.17 bits per heavy atom. The number of benzene rings is 1. The van der Waals surface area contributed by atoms with E-state index in [4.69, 9.17) is 5.73 Å². The van der Waals surface area contributed by atoms with Crippen molar-refractivity contribution in [2.75, 3.05) is 25.0 Å². The predicted molar refractivity (Wildman–Crippen MR) is 116 cm³/mol. The Hall–Kier alpha value is -3.26. The number of fused-ring (bicyclic) bond motifs is 1. The van der Waals surface area contributed by atoms with Crippen LogP contribution in [-0.4, -0.2) is 56.8 Å². The highest BCUT2D eigenvalue weighted by Crippen LogP contribution is 2.37. The summed E-state index contributed by atoms with van der Waals surface area (Å²) < 4.78 is 0. The number of anilines is 1. The molecule has 0 spiro atoms. The number of nitrogens with one attached hydrogen (secondary N) is 1. The number of nitrogens with two attached hydrogens (primary N) is 1. The second-order valence-electron chi connectivity index (χ2n) is 7.96. The summed E-state index contributed by atoms with van der Waals surface area (Å²) in [5, 5.41) is 23.7. The highest BCUT2D eigenvalue weighted by molar-refractivity contribution is 5.99. The fourth-order valence-corrected chi connectivity index (χ4v) is 4.25. The largest absolute Gasteiger partial charge is 0.507 e. The number of piperidine rings is 1. The van der Waals surface area contributed by atoms with Gasteiger partial charge < -0.3 is 16.2 Å². The van der Waals surface area contributed by atoms with Crippen molar-refractivity contribution >= 4 is 22.6 Å². The minimum atomic E-state index is -0.319. The number of amides is 1. The Morgan fingerprint density at radius 1 is 1.33 bits per heavy atom. The Kier molecular flexibility index (Phi) is 5.50. The number of likely N-dealkylation sites (tertiary alicyclic amines) is 1. The van der Waals surface area contributed by atoms with Crippen LogP contribution in [0.25, 0.3) is 22.2 Å². The number of nitrogens with zero attached hydrogens (tertiary/aromatic N) is 4. The minimum absolute atomic E-state index is 0.123. The molecule has 3 heterocycles. The van der Waals surface area contributed by atoms with Gasteiger partial charge in [0, 0.05) is 29.7 Å². The standard InChI is InChI=1S/C22H26N6O2/c1-13-9-14(2)19(17(29)10-13)20-16-6-3-7-24-21(16)22(27-26-20)25-15-5-4-8-28(11-15)12-18(23)30/h3,6-7,9-10,15,29H,4-5,8,11-12H2,1-2H3,(H2,23,30)(H,25,27). The van der Waals surface area contributed by atoms with Crippen molar-refractivity contribution in [1.82, 2.24) is 20.1 Å². The first-order chi connectivity index (χ1) is 14.4. The number of pyridine rings is 1. The molecule has 1 saturated heterocycles. The molecular weight excluding hydrogens is 380 g/mol. The summed E-state index contributed by atoms with van der Waals surface area (Å²) in [6.07, 6.45) is 3.66. The highest BCUT2D eigenvalue weighted by atomic mass is 16.3. The summed E-state index contributed by atoms with van der Waals surface area (Å²) >= 11 is 0. The third-order valence-corrected chi connectivity index (χ3v) is 5.46. The second kappa shape index (κ2) is 8.23. The van der Waals surface area contributed by atoms with Crippen LogP contribution in [0.1, 0.15) is 24.0 Å². The van der Waals surface area contributed by atoms with Crippen molar-refractivity contribution in [3.63, 3.8) is 0 Å². The van der Waals surface area contributed by atoms with E-state index in [1.165, 1.54) is 0 Å². The number of aromatic hydroxyl groups is 1. The van der Waals surface area contributed by atoms with Crippen molar-refractivity contribution in [2.45, 2.75) is 32.7 Å². The lowest BCUT2D eigenvalue weighted by molar-refractivity contribution is -0.119. The van der Waals surface area contributed by atoms with Gasteiger partial charge in [-0.05, 0) is 62.6 Å². The minimum Gasteiger partial charge on any atom is -0.507 e. The fraction of sp³-hybridized carbons (Fsp3) is 0.364. The Balaban J connectivity index is 1.69. The molecule has 1 unspecified atom stereocenters. The zero-order chi connectivity index (χ0) is 21.3. The third-order valence-electron chi connectivity index (χ3n) is 5.46. The molecular formula is C22H26N6O2. The van der Waals surface area contributed by atoms with E-state index in [0.29, 0.717) is 29.1 Å². The first-order valence-electron chi connectivity index (χ1n) is 10.1. The lowest BCUT2D eigenvalue weighted by Gasteiger charge is -2.32. The zero-order valence-electron chi connectivity index (χ0n) is 17.2. The van der Waals surface area contributed by atoms with Gasteiger partial charge in [0.1, 0.15) is 17.0 Å². The van der Waals surface area contributed by atoms with Crippen LogP contribution in [0.2, 0.25) is 0 Å². The van der Waals surface area contributed by atoms with Gasteiger partial charge >= 0.3 is 0 Å². The van der Waals surface area contributed by atoms with E-state index in [1.807, 2.05) is 32.0 Å². The predicted octanol–water partition coefficient (Wildman–Crippen LogP) is 2.38. The SMILES string of the molecule is Cc1cc(C)c(-c2nnc(NC3CCCN(CC(N)=O)C3)c3ncccc23)c(O)c1. The topological polar surface area (TPSA) is 117 Å². The van der Waals surface area contributed by atoms with Gasteiger partial charge in [0.2, 0.25) is 5.91 Å². The number of phenolic OH excluding ortho intramolecular Hbond substituents is 1. The molecule has 0 saturated carbocycles. The van der Waals surface area contributed by atoms with Crippen molar-refractivity contribution < 1.29 is 9.90 Å². The number of carbonyl (C=O) groups excluding carboxylic acids is 1. The van der Waals surface area contributed by atoms with Crippen LogP contribution in [0.15, 0.2) is 30.5 Å². The second-order valence-corrected chi connectivity index (χ2v) is 7.96. The van der Waals surface area contributed by atoms with Crippen LogP contribution in [0.5, 0.6) is 5.75 Å².